The van der Waals surface area contributed by atoms with Gasteiger partial charge in [-0.25, -0.2) is 8.42 Å². The van der Waals surface area contributed by atoms with E-state index >= 15 is 0 Å². The molecule has 20 heavy (non-hydrogen) atoms. The lowest BCUT2D eigenvalue weighted by Crippen LogP contribution is -2.29. The first-order chi connectivity index (χ1) is 9.51. The van der Waals surface area contributed by atoms with Crippen LogP contribution in [0.2, 0.25) is 5.02 Å². The topological polar surface area (TPSA) is 46.2 Å². The van der Waals surface area contributed by atoms with Crippen molar-refractivity contribution in [2.24, 2.45) is 0 Å². The van der Waals surface area contributed by atoms with Gasteiger partial charge in [0.25, 0.3) is 0 Å². The zero-order chi connectivity index (χ0) is 14.6. The predicted molar refractivity (Wildman–Crippen MR) is 83.8 cm³/mol. The van der Waals surface area contributed by atoms with Crippen LogP contribution in [0.25, 0.3) is 0 Å². The molecule has 0 aliphatic heterocycles. The van der Waals surface area contributed by atoms with Gasteiger partial charge in [0, 0.05) is 11.1 Å². The van der Waals surface area contributed by atoms with Gasteiger partial charge in [0.2, 0.25) is 0 Å². The number of rotatable bonds is 6. The molecule has 2 unspecified atom stereocenters. The Kier molecular flexibility index (Phi) is 5.47. The molecule has 112 valence electrons. The molecule has 1 saturated carbocycles. The highest BCUT2D eigenvalue weighted by Gasteiger charge is 2.33. The van der Waals surface area contributed by atoms with Crippen LogP contribution >= 0.6 is 11.6 Å². The average molecular weight is 316 g/mol. The lowest BCUT2D eigenvalue weighted by Gasteiger charge is -2.13. The van der Waals surface area contributed by atoms with Gasteiger partial charge in [-0.05, 0) is 49.9 Å². The number of halogens is 1. The maximum Gasteiger partial charge on any atom is 0.157 e. The Bertz CT molecular complexity index is 527. The van der Waals surface area contributed by atoms with E-state index in [-0.39, 0.29) is 11.0 Å². The zero-order valence-corrected chi connectivity index (χ0v) is 13.4. The van der Waals surface area contributed by atoms with Gasteiger partial charge >= 0.3 is 0 Å². The molecule has 0 saturated heterocycles. The molecule has 1 aliphatic rings. The van der Waals surface area contributed by atoms with Crippen LogP contribution in [0.3, 0.4) is 0 Å². The largest absolute Gasteiger partial charge is 0.314 e. The third kappa shape index (κ3) is 4.21. The summed E-state index contributed by atoms with van der Waals surface area (Å²) in [6, 6.07) is 7.43. The molecule has 1 aromatic carbocycles. The Balaban J connectivity index is 1.95. The summed E-state index contributed by atoms with van der Waals surface area (Å²) in [6.07, 6.45) is 3.57. The lowest BCUT2D eigenvalue weighted by atomic mass is 10.2. The monoisotopic (exact) mass is 315 g/mol. The van der Waals surface area contributed by atoms with Gasteiger partial charge in [-0.15, -0.1) is 0 Å². The third-order valence-electron chi connectivity index (χ3n) is 3.86. The molecule has 1 aromatic rings. The average Bonchev–Trinajstić information content (AvgIpc) is 2.88. The summed E-state index contributed by atoms with van der Waals surface area (Å²) in [6.45, 7) is 3.09. The Morgan fingerprint density at radius 1 is 1.25 bits per heavy atom. The third-order valence-corrected chi connectivity index (χ3v) is 6.29. The summed E-state index contributed by atoms with van der Waals surface area (Å²) >= 11 is 5.82. The molecule has 5 heteroatoms. The van der Waals surface area contributed by atoms with Gasteiger partial charge in [0.05, 0.1) is 11.0 Å². The van der Waals surface area contributed by atoms with E-state index in [2.05, 4.69) is 12.2 Å². The van der Waals surface area contributed by atoms with Crippen LogP contribution in [0.15, 0.2) is 24.3 Å². The van der Waals surface area contributed by atoms with Crippen LogP contribution < -0.4 is 5.32 Å². The maximum atomic E-state index is 12.4. The number of benzene rings is 1. The SMILES string of the molecule is CCCNC1CCC(S(=O)(=O)Cc2ccc(Cl)cc2)C1. The van der Waals surface area contributed by atoms with Crippen LogP contribution in [0.1, 0.15) is 38.2 Å². The second kappa shape index (κ2) is 6.92. The number of hydrogen-bond donors (Lipinski definition) is 1. The molecule has 1 fully saturated rings. The van der Waals surface area contributed by atoms with Gasteiger partial charge in [-0.2, -0.15) is 0 Å². The van der Waals surface area contributed by atoms with Gasteiger partial charge in [0.15, 0.2) is 9.84 Å². The molecule has 1 aliphatic carbocycles. The van der Waals surface area contributed by atoms with E-state index in [9.17, 15) is 8.42 Å². The van der Waals surface area contributed by atoms with Crippen LogP contribution in [-0.4, -0.2) is 26.3 Å². The summed E-state index contributed by atoms with van der Waals surface area (Å²) in [5.41, 5.74) is 0.819. The second-order valence-corrected chi connectivity index (χ2v) is 8.24. The van der Waals surface area contributed by atoms with Crippen molar-refractivity contribution >= 4 is 21.4 Å². The smallest absolute Gasteiger partial charge is 0.157 e. The van der Waals surface area contributed by atoms with Crippen molar-refractivity contribution in [3.63, 3.8) is 0 Å². The molecular weight excluding hydrogens is 294 g/mol. The van der Waals surface area contributed by atoms with Gasteiger partial charge in [-0.1, -0.05) is 30.7 Å². The fraction of sp³-hybridized carbons (Fsp3) is 0.600. The molecule has 0 bridgehead atoms. The summed E-state index contributed by atoms with van der Waals surface area (Å²) in [7, 11) is -3.07. The number of hydrogen-bond acceptors (Lipinski definition) is 3. The molecular formula is C15H22ClNO2S. The number of nitrogens with one attached hydrogen (secondary N) is 1. The second-order valence-electron chi connectivity index (χ2n) is 5.52. The Morgan fingerprint density at radius 2 is 1.95 bits per heavy atom. The van der Waals surface area contributed by atoms with Crippen molar-refractivity contribution < 1.29 is 8.42 Å². The number of sulfone groups is 1. The highest BCUT2D eigenvalue weighted by atomic mass is 35.5. The van der Waals surface area contributed by atoms with Crippen LogP contribution in [0, 0.1) is 0 Å². The predicted octanol–water partition coefficient (Wildman–Crippen LogP) is 3.18. The van der Waals surface area contributed by atoms with E-state index in [4.69, 9.17) is 11.6 Å². The van der Waals surface area contributed by atoms with E-state index in [0.717, 1.165) is 37.8 Å². The quantitative estimate of drug-likeness (QED) is 0.877. The van der Waals surface area contributed by atoms with Crippen LogP contribution in [-0.2, 0) is 15.6 Å². The molecule has 0 spiro atoms. The first kappa shape index (κ1) is 15.8. The molecule has 2 rings (SSSR count). The van der Waals surface area contributed by atoms with Crippen molar-refractivity contribution in [3.05, 3.63) is 34.9 Å². The molecule has 3 nitrogen and oxygen atoms in total. The summed E-state index contributed by atoms with van der Waals surface area (Å²) in [5.74, 6) is 0.120. The van der Waals surface area contributed by atoms with Crippen molar-refractivity contribution in [1.82, 2.24) is 5.32 Å². The van der Waals surface area contributed by atoms with Crippen molar-refractivity contribution in [2.45, 2.75) is 49.7 Å². The highest BCUT2D eigenvalue weighted by Crippen LogP contribution is 2.28. The first-order valence-corrected chi connectivity index (χ1v) is 9.30. The maximum absolute atomic E-state index is 12.4. The normalized spacial score (nSPS) is 23.1. The molecule has 0 radical (unpaired) electrons. The minimum Gasteiger partial charge on any atom is -0.314 e. The Morgan fingerprint density at radius 3 is 2.60 bits per heavy atom. The van der Waals surface area contributed by atoms with Gasteiger partial charge in [0.1, 0.15) is 0 Å². The Hall–Kier alpha value is -0.580. The summed E-state index contributed by atoms with van der Waals surface area (Å²) in [4.78, 5) is 0. The van der Waals surface area contributed by atoms with Gasteiger partial charge < -0.3 is 5.32 Å². The molecule has 1 N–H and O–H groups in total. The molecule has 0 amide bonds. The van der Waals surface area contributed by atoms with Crippen LogP contribution in [0.4, 0.5) is 0 Å². The lowest BCUT2D eigenvalue weighted by molar-refractivity contribution is 0.520. The fourth-order valence-electron chi connectivity index (χ4n) is 2.73. The highest BCUT2D eigenvalue weighted by molar-refractivity contribution is 7.91. The minimum atomic E-state index is -3.07. The van der Waals surface area contributed by atoms with Gasteiger partial charge in [-0.3, -0.25) is 0 Å². The van der Waals surface area contributed by atoms with Crippen molar-refractivity contribution in [2.75, 3.05) is 6.54 Å². The van der Waals surface area contributed by atoms with E-state index in [0.29, 0.717) is 11.1 Å². The van der Waals surface area contributed by atoms with Crippen LogP contribution in [0.5, 0.6) is 0 Å². The van der Waals surface area contributed by atoms with E-state index in [1.807, 2.05) is 0 Å². The summed E-state index contributed by atoms with van der Waals surface area (Å²) in [5, 5.41) is 3.86. The van der Waals surface area contributed by atoms with E-state index in [1.165, 1.54) is 0 Å². The summed E-state index contributed by atoms with van der Waals surface area (Å²) < 4.78 is 24.9. The molecule has 0 heterocycles. The first-order valence-electron chi connectivity index (χ1n) is 7.20. The van der Waals surface area contributed by atoms with Crippen molar-refractivity contribution in [3.8, 4) is 0 Å². The van der Waals surface area contributed by atoms with Crippen molar-refractivity contribution in [1.29, 1.82) is 0 Å². The molecule has 0 aromatic heterocycles. The standard InChI is InChI=1S/C15H22ClNO2S/c1-2-9-17-14-7-8-15(10-14)20(18,19)11-12-3-5-13(16)6-4-12/h3-6,14-15,17H,2,7-11H2,1H3. The van der Waals surface area contributed by atoms with E-state index in [1.54, 1.807) is 24.3 Å². The fourth-order valence-corrected chi connectivity index (χ4v) is 4.77. The zero-order valence-electron chi connectivity index (χ0n) is 11.8. The molecule has 2 atom stereocenters. The minimum absolute atomic E-state index is 0.120. The van der Waals surface area contributed by atoms with E-state index < -0.39 is 9.84 Å². The Labute approximate surface area is 126 Å².